The first-order valence-electron chi connectivity index (χ1n) is 7.47. The molecule has 0 amide bonds. The highest BCUT2D eigenvalue weighted by atomic mass is 19.1. The van der Waals surface area contributed by atoms with E-state index in [-0.39, 0.29) is 17.1 Å². The van der Waals surface area contributed by atoms with Crippen molar-refractivity contribution in [3.05, 3.63) is 46.9 Å². The minimum atomic E-state index is -0.616. The topological polar surface area (TPSA) is 123 Å². The second kappa shape index (κ2) is 7.35. The third-order valence-electron chi connectivity index (χ3n) is 3.54. The Balaban J connectivity index is 1.69. The molecule has 0 radical (unpaired) electrons. The van der Waals surface area contributed by atoms with Crippen LogP contribution in [0.25, 0.3) is 0 Å². The second-order valence-corrected chi connectivity index (χ2v) is 5.25. The molecule has 0 fully saturated rings. The average Bonchev–Trinajstić information content (AvgIpc) is 3.11. The number of amidine groups is 1. The van der Waals surface area contributed by atoms with Crippen molar-refractivity contribution in [2.45, 2.75) is 6.42 Å². The van der Waals surface area contributed by atoms with E-state index in [0.29, 0.717) is 18.1 Å². The Hall–Kier alpha value is -3.54. The first-order chi connectivity index (χ1) is 12.2. The third-order valence-corrected chi connectivity index (χ3v) is 3.54. The summed E-state index contributed by atoms with van der Waals surface area (Å²) in [6.07, 6.45) is 4.54. The molecule has 0 spiro atoms. The number of nitrogens with one attached hydrogen (secondary N) is 3. The van der Waals surface area contributed by atoms with Gasteiger partial charge in [-0.05, 0) is 46.6 Å². The SMILES string of the molecule is N#Cc1cc(NC(=N)c2nonc2NCC2=CC=NCC2)ccc1F. The van der Waals surface area contributed by atoms with Crippen LogP contribution in [0.15, 0.2) is 39.5 Å². The molecule has 3 rings (SSSR count). The Morgan fingerprint density at radius 2 is 2.28 bits per heavy atom. The molecule has 0 atom stereocenters. The molecule has 0 saturated heterocycles. The Morgan fingerprint density at radius 1 is 1.40 bits per heavy atom. The van der Waals surface area contributed by atoms with E-state index in [1.807, 2.05) is 6.08 Å². The number of rotatable bonds is 5. The van der Waals surface area contributed by atoms with Gasteiger partial charge in [0.15, 0.2) is 11.5 Å². The Bertz CT molecular complexity index is 894. The molecular weight excluding hydrogens is 325 g/mol. The molecule has 0 aliphatic carbocycles. The highest BCUT2D eigenvalue weighted by Crippen LogP contribution is 2.17. The molecular formula is C16H14FN7O. The van der Waals surface area contributed by atoms with Crippen LogP contribution in [-0.2, 0) is 0 Å². The molecule has 3 N–H and O–H groups in total. The largest absolute Gasteiger partial charge is 0.361 e. The molecule has 1 aliphatic rings. The fourth-order valence-corrected chi connectivity index (χ4v) is 2.23. The molecule has 126 valence electrons. The van der Waals surface area contributed by atoms with Crippen LogP contribution in [0.4, 0.5) is 15.9 Å². The molecule has 2 heterocycles. The number of aromatic nitrogens is 2. The summed E-state index contributed by atoms with van der Waals surface area (Å²) in [5.41, 5.74) is 1.62. The quantitative estimate of drug-likeness (QED) is 0.567. The number of halogens is 1. The molecule has 1 aliphatic heterocycles. The number of nitrogens with zero attached hydrogens (tertiary/aromatic N) is 4. The number of dihydropyridines is 1. The second-order valence-electron chi connectivity index (χ2n) is 5.25. The summed E-state index contributed by atoms with van der Waals surface area (Å²) in [7, 11) is 0. The standard InChI is InChI=1S/C16H14FN7O/c17-13-2-1-12(7-11(13)8-18)22-15(19)14-16(24-25-23-14)21-9-10-3-5-20-6-4-10/h1-3,5,7H,4,6,9H2,(H2,19,22)(H,21,24). The summed E-state index contributed by atoms with van der Waals surface area (Å²) in [6.45, 7) is 1.29. The molecule has 9 heteroatoms. The third kappa shape index (κ3) is 3.87. The van der Waals surface area contributed by atoms with Gasteiger partial charge in [0.2, 0.25) is 5.82 Å². The Labute approximate surface area is 142 Å². The monoisotopic (exact) mass is 339 g/mol. The number of benzene rings is 1. The van der Waals surface area contributed by atoms with Crippen molar-refractivity contribution in [1.29, 1.82) is 10.7 Å². The zero-order chi connectivity index (χ0) is 17.6. The van der Waals surface area contributed by atoms with Gasteiger partial charge < -0.3 is 10.6 Å². The fourth-order valence-electron chi connectivity index (χ4n) is 2.23. The lowest BCUT2D eigenvalue weighted by Crippen LogP contribution is -2.16. The van der Waals surface area contributed by atoms with E-state index in [4.69, 9.17) is 15.3 Å². The van der Waals surface area contributed by atoms with E-state index in [1.165, 1.54) is 12.1 Å². The van der Waals surface area contributed by atoms with E-state index in [0.717, 1.165) is 24.6 Å². The van der Waals surface area contributed by atoms with Crippen LogP contribution in [0, 0.1) is 22.6 Å². The summed E-state index contributed by atoms with van der Waals surface area (Å²) < 4.78 is 18.1. The minimum absolute atomic E-state index is 0.0848. The average molecular weight is 339 g/mol. The van der Waals surface area contributed by atoms with E-state index in [1.54, 1.807) is 12.3 Å². The predicted molar refractivity (Wildman–Crippen MR) is 90.4 cm³/mol. The fraction of sp³-hybridized carbons (Fsp3) is 0.188. The van der Waals surface area contributed by atoms with Crippen molar-refractivity contribution in [2.75, 3.05) is 23.7 Å². The normalized spacial score (nSPS) is 13.0. The maximum absolute atomic E-state index is 13.4. The van der Waals surface area contributed by atoms with Gasteiger partial charge in [-0.15, -0.1) is 0 Å². The van der Waals surface area contributed by atoms with Gasteiger partial charge in [-0.1, -0.05) is 0 Å². The van der Waals surface area contributed by atoms with Gasteiger partial charge in [-0.25, -0.2) is 9.02 Å². The van der Waals surface area contributed by atoms with Crippen molar-refractivity contribution >= 4 is 23.6 Å². The molecule has 25 heavy (non-hydrogen) atoms. The molecule has 2 aromatic rings. The zero-order valence-electron chi connectivity index (χ0n) is 13.1. The lowest BCUT2D eigenvalue weighted by Gasteiger charge is -2.10. The number of hydrogen-bond donors (Lipinski definition) is 3. The van der Waals surface area contributed by atoms with E-state index in [9.17, 15) is 4.39 Å². The Kier molecular flexibility index (Phi) is 4.80. The highest BCUT2D eigenvalue weighted by molar-refractivity contribution is 6.07. The lowest BCUT2D eigenvalue weighted by molar-refractivity contribution is 0.308. The van der Waals surface area contributed by atoms with Crippen molar-refractivity contribution < 1.29 is 9.02 Å². The van der Waals surface area contributed by atoms with Gasteiger partial charge in [0.25, 0.3) is 0 Å². The molecule has 0 saturated carbocycles. The summed E-state index contributed by atoms with van der Waals surface area (Å²) in [5, 5.41) is 30.3. The molecule has 0 unspecified atom stereocenters. The number of hydrogen-bond acceptors (Lipinski definition) is 7. The molecule has 8 nitrogen and oxygen atoms in total. The van der Waals surface area contributed by atoms with Gasteiger partial charge in [0.05, 0.1) is 5.56 Å². The van der Waals surface area contributed by atoms with Crippen LogP contribution in [0.3, 0.4) is 0 Å². The van der Waals surface area contributed by atoms with Gasteiger partial charge in [-0.3, -0.25) is 10.4 Å². The van der Waals surface area contributed by atoms with Crippen LogP contribution in [0.1, 0.15) is 17.7 Å². The Morgan fingerprint density at radius 3 is 3.04 bits per heavy atom. The van der Waals surface area contributed by atoms with Crippen molar-refractivity contribution in [3.63, 3.8) is 0 Å². The number of allylic oxidation sites excluding steroid dienone is 1. The summed E-state index contributed by atoms with van der Waals surface area (Å²) in [4.78, 5) is 4.12. The number of nitriles is 1. The summed E-state index contributed by atoms with van der Waals surface area (Å²) >= 11 is 0. The van der Waals surface area contributed by atoms with E-state index < -0.39 is 5.82 Å². The minimum Gasteiger partial charge on any atom is -0.361 e. The van der Waals surface area contributed by atoms with Crippen molar-refractivity contribution in [1.82, 2.24) is 10.3 Å². The maximum atomic E-state index is 13.4. The molecule has 1 aromatic heterocycles. The smallest absolute Gasteiger partial charge is 0.202 e. The van der Waals surface area contributed by atoms with Gasteiger partial charge >= 0.3 is 0 Å². The van der Waals surface area contributed by atoms with E-state index in [2.05, 4.69) is 25.9 Å². The number of aliphatic imine (C=N–C) groups is 1. The summed E-state index contributed by atoms with van der Waals surface area (Å²) in [5.74, 6) is -0.378. The first kappa shape index (κ1) is 16.3. The zero-order valence-corrected chi connectivity index (χ0v) is 13.1. The van der Waals surface area contributed by atoms with Crippen LogP contribution < -0.4 is 10.6 Å². The van der Waals surface area contributed by atoms with Gasteiger partial charge in [0, 0.05) is 25.0 Å². The molecule has 0 bridgehead atoms. The van der Waals surface area contributed by atoms with Gasteiger partial charge in [-0.2, -0.15) is 5.26 Å². The van der Waals surface area contributed by atoms with Gasteiger partial charge in [0.1, 0.15) is 11.9 Å². The van der Waals surface area contributed by atoms with Crippen LogP contribution >= 0.6 is 0 Å². The molecule has 1 aromatic carbocycles. The van der Waals surface area contributed by atoms with E-state index >= 15 is 0 Å². The maximum Gasteiger partial charge on any atom is 0.202 e. The first-order valence-corrected chi connectivity index (χ1v) is 7.47. The lowest BCUT2D eigenvalue weighted by atomic mass is 10.1. The van der Waals surface area contributed by atoms with Crippen LogP contribution in [0.2, 0.25) is 0 Å². The van der Waals surface area contributed by atoms with Crippen molar-refractivity contribution in [2.24, 2.45) is 4.99 Å². The van der Waals surface area contributed by atoms with Crippen molar-refractivity contribution in [3.8, 4) is 6.07 Å². The van der Waals surface area contributed by atoms with Crippen LogP contribution in [-0.4, -0.2) is 35.5 Å². The number of anilines is 2. The summed E-state index contributed by atoms with van der Waals surface area (Å²) in [6, 6.07) is 5.65. The predicted octanol–water partition coefficient (Wildman–Crippen LogP) is 2.33. The highest BCUT2D eigenvalue weighted by Gasteiger charge is 2.16. The van der Waals surface area contributed by atoms with Crippen LogP contribution in [0.5, 0.6) is 0 Å².